The normalized spacial score (nSPS) is 17.4. The third kappa shape index (κ3) is 2.75. The summed E-state index contributed by atoms with van der Waals surface area (Å²) < 4.78 is 32.2. The maximum absolute atomic E-state index is 12.7. The molecule has 6 heteroatoms. The van der Waals surface area contributed by atoms with Gasteiger partial charge in [0.05, 0.1) is 7.11 Å². The Morgan fingerprint density at radius 1 is 1.21 bits per heavy atom. The minimum atomic E-state index is -3.48. The van der Waals surface area contributed by atoms with Crippen LogP contribution in [0.3, 0.4) is 0 Å². The topological polar surface area (TPSA) is 58.6 Å². The van der Waals surface area contributed by atoms with Gasteiger partial charge in [0.25, 0.3) is 0 Å². The highest BCUT2D eigenvalue weighted by atomic mass is 32.2. The molecule has 2 rings (SSSR count). The summed E-state index contributed by atoms with van der Waals surface area (Å²) >= 11 is 0. The predicted molar refractivity (Wildman–Crippen MR) is 74.1 cm³/mol. The molecule has 19 heavy (non-hydrogen) atoms. The highest BCUT2D eigenvalue weighted by Crippen LogP contribution is 2.31. The predicted octanol–water partition coefficient (Wildman–Crippen LogP) is 0.906. The van der Waals surface area contributed by atoms with Crippen LogP contribution < -0.4 is 10.1 Å². The SMILES string of the molecule is COc1cc(C)cc(C)c1S(=O)(=O)N1CCNCC1. The molecule has 1 N–H and O–H groups in total. The van der Waals surface area contributed by atoms with E-state index < -0.39 is 10.0 Å². The third-order valence-corrected chi connectivity index (χ3v) is 5.36. The number of piperazine rings is 1. The first-order valence-corrected chi connectivity index (χ1v) is 7.77. The molecule has 1 aliphatic heterocycles. The van der Waals surface area contributed by atoms with Gasteiger partial charge in [0, 0.05) is 26.2 Å². The van der Waals surface area contributed by atoms with E-state index in [1.165, 1.54) is 11.4 Å². The Labute approximate surface area is 114 Å². The van der Waals surface area contributed by atoms with Crippen LogP contribution in [0.25, 0.3) is 0 Å². The summed E-state index contributed by atoms with van der Waals surface area (Å²) in [6, 6.07) is 3.64. The first kappa shape index (κ1) is 14.3. The van der Waals surface area contributed by atoms with E-state index >= 15 is 0 Å². The monoisotopic (exact) mass is 284 g/mol. The summed E-state index contributed by atoms with van der Waals surface area (Å²) in [6.07, 6.45) is 0. The van der Waals surface area contributed by atoms with Crippen LogP contribution >= 0.6 is 0 Å². The fourth-order valence-electron chi connectivity index (χ4n) is 2.41. The highest BCUT2D eigenvalue weighted by Gasteiger charge is 2.30. The van der Waals surface area contributed by atoms with Crippen molar-refractivity contribution in [3.8, 4) is 5.75 Å². The van der Waals surface area contributed by atoms with Crippen molar-refractivity contribution in [3.05, 3.63) is 23.3 Å². The summed E-state index contributed by atoms with van der Waals surface area (Å²) in [7, 11) is -1.98. The molecule has 106 valence electrons. The first-order valence-electron chi connectivity index (χ1n) is 6.33. The fraction of sp³-hybridized carbons (Fsp3) is 0.538. The molecule has 0 atom stereocenters. The summed E-state index contributed by atoms with van der Waals surface area (Å²) in [6.45, 7) is 6.11. The lowest BCUT2D eigenvalue weighted by Crippen LogP contribution is -2.46. The van der Waals surface area contributed by atoms with E-state index in [1.807, 2.05) is 19.9 Å². The minimum absolute atomic E-state index is 0.294. The Kier molecular flexibility index (Phi) is 4.13. The molecule has 1 aromatic carbocycles. The number of aryl methyl sites for hydroxylation is 2. The van der Waals surface area contributed by atoms with Gasteiger partial charge in [0.15, 0.2) is 0 Å². The molecule has 0 amide bonds. The Hall–Kier alpha value is -1.11. The van der Waals surface area contributed by atoms with Crippen molar-refractivity contribution >= 4 is 10.0 Å². The van der Waals surface area contributed by atoms with Crippen LogP contribution in [0.2, 0.25) is 0 Å². The molecular formula is C13H20N2O3S. The second kappa shape index (κ2) is 5.48. The molecule has 1 aliphatic rings. The van der Waals surface area contributed by atoms with Crippen molar-refractivity contribution in [3.63, 3.8) is 0 Å². The average Bonchev–Trinajstić information content (AvgIpc) is 2.38. The van der Waals surface area contributed by atoms with E-state index in [9.17, 15) is 8.42 Å². The largest absolute Gasteiger partial charge is 0.495 e. The van der Waals surface area contributed by atoms with Crippen LogP contribution in [0.4, 0.5) is 0 Å². The molecule has 0 unspecified atom stereocenters. The number of benzene rings is 1. The number of rotatable bonds is 3. The molecule has 5 nitrogen and oxygen atoms in total. The van der Waals surface area contributed by atoms with E-state index in [0.717, 1.165) is 11.1 Å². The zero-order valence-electron chi connectivity index (χ0n) is 11.6. The lowest BCUT2D eigenvalue weighted by atomic mass is 10.1. The standard InChI is InChI=1S/C13H20N2O3S/c1-10-8-11(2)13(12(9-10)18-3)19(16,17)15-6-4-14-5-7-15/h8-9,14H,4-7H2,1-3H3. The maximum Gasteiger partial charge on any atom is 0.247 e. The van der Waals surface area contributed by atoms with Crippen LogP contribution in [0.1, 0.15) is 11.1 Å². The van der Waals surface area contributed by atoms with Crippen molar-refractivity contribution in [2.45, 2.75) is 18.7 Å². The molecule has 0 aromatic heterocycles. The summed E-state index contributed by atoms with van der Waals surface area (Å²) in [5.41, 5.74) is 1.73. The van der Waals surface area contributed by atoms with E-state index in [4.69, 9.17) is 4.74 Å². The van der Waals surface area contributed by atoms with Crippen molar-refractivity contribution in [2.24, 2.45) is 0 Å². The van der Waals surface area contributed by atoms with Crippen LogP contribution in [-0.4, -0.2) is 46.0 Å². The van der Waals surface area contributed by atoms with Crippen molar-refractivity contribution in [1.29, 1.82) is 0 Å². The van der Waals surface area contributed by atoms with Crippen LogP contribution in [0, 0.1) is 13.8 Å². The number of hydrogen-bond donors (Lipinski definition) is 1. The molecular weight excluding hydrogens is 264 g/mol. The quantitative estimate of drug-likeness (QED) is 0.896. The van der Waals surface area contributed by atoms with Crippen LogP contribution in [-0.2, 0) is 10.0 Å². The van der Waals surface area contributed by atoms with E-state index in [-0.39, 0.29) is 0 Å². The van der Waals surface area contributed by atoms with Gasteiger partial charge in [-0.15, -0.1) is 0 Å². The zero-order valence-corrected chi connectivity index (χ0v) is 12.4. The zero-order chi connectivity index (χ0) is 14.0. The Balaban J connectivity index is 2.50. The minimum Gasteiger partial charge on any atom is -0.495 e. The van der Waals surface area contributed by atoms with Gasteiger partial charge in [0.2, 0.25) is 10.0 Å². The Bertz CT molecular complexity index is 563. The van der Waals surface area contributed by atoms with E-state index in [0.29, 0.717) is 36.8 Å². The number of hydrogen-bond acceptors (Lipinski definition) is 4. The second-order valence-corrected chi connectivity index (χ2v) is 6.64. The highest BCUT2D eigenvalue weighted by molar-refractivity contribution is 7.89. The Morgan fingerprint density at radius 2 is 1.84 bits per heavy atom. The van der Waals surface area contributed by atoms with Crippen LogP contribution in [0.15, 0.2) is 17.0 Å². The number of methoxy groups -OCH3 is 1. The molecule has 1 aromatic rings. The molecule has 0 bridgehead atoms. The number of sulfonamides is 1. The van der Waals surface area contributed by atoms with E-state index in [1.54, 1.807) is 6.07 Å². The number of nitrogens with one attached hydrogen (secondary N) is 1. The van der Waals surface area contributed by atoms with Gasteiger partial charge < -0.3 is 10.1 Å². The molecule has 0 aliphatic carbocycles. The molecule has 1 heterocycles. The van der Waals surface area contributed by atoms with E-state index in [2.05, 4.69) is 5.32 Å². The Morgan fingerprint density at radius 3 is 2.42 bits per heavy atom. The molecule has 1 saturated heterocycles. The van der Waals surface area contributed by atoms with Gasteiger partial charge in [-0.1, -0.05) is 6.07 Å². The second-order valence-electron chi connectivity index (χ2n) is 4.77. The summed E-state index contributed by atoms with van der Waals surface area (Å²) in [5, 5.41) is 3.15. The lowest BCUT2D eigenvalue weighted by Gasteiger charge is -2.28. The number of nitrogens with zero attached hydrogens (tertiary/aromatic N) is 1. The van der Waals surface area contributed by atoms with Crippen molar-refractivity contribution in [1.82, 2.24) is 9.62 Å². The molecule has 0 spiro atoms. The van der Waals surface area contributed by atoms with Crippen molar-refractivity contribution in [2.75, 3.05) is 33.3 Å². The van der Waals surface area contributed by atoms with Gasteiger partial charge in [0.1, 0.15) is 10.6 Å². The first-order chi connectivity index (χ1) is 8.96. The van der Waals surface area contributed by atoms with Gasteiger partial charge in [-0.3, -0.25) is 0 Å². The number of ether oxygens (including phenoxy) is 1. The summed E-state index contributed by atoms with van der Waals surface area (Å²) in [4.78, 5) is 0.294. The van der Waals surface area contributed by atoms with Gasteiger partial charge in [-0.05, 0) is 31.0 Å². The lowest BCUT2D eigenvalue weighted by molar-refractivity contribution is 0.354. The molecule has 0 radical (unpaired) electrons. The van der Waals surface area contributed by atoms with Gasteiger partial charge in [-0.25, -0.2) is 8.42 Å². The van der Waals surface area contributed by atoms with Gasteiger partial charge >= 0.3 is 0 Å². The van der Waals surface area contributed by atoms with Gasteiger partial charge in [-0.2, -0.15) is 4.31 Å². The molecule has 0 saturated carbocycles. The van der Waals surface area contributed by atoms with Crippen LogP contribution in [0.5, 0.6) is 5.75 Å². The smallest absolute Gasteiger partial charge is 0.247 e. The average molecular weight is 284 g/mol. The third-order valence-electron chi connectivity index (χ3n) is 3.28. The van der Waals surface area contributed by atoms with Crippen molar-refractivity contribution < 1.29 is 13.2 Å². The maximum atomic E-state index is 12.7. The summed E-state index contributed by atoms with van der Waals surface area (Å²) in [5.74, 6) is 0.427. The fourth-order valence-corrected chi connectivity index (χ4v) is 4.20. The molecule has 1 fully saturated rings.